The highest BCUT2D eigenvalue weighted by atomic mass is 32.1. The Morgan fingerprint density at radius 2 is 1.89 bits per heavy atom. The second kappa shape index (κ2) is 5.69. The molecule has 0 N–H and O–H groups in total. The highest BCUT2D eigenvalue weighted by molar-refractivity contribution is 7.14. The Balaban J connectivity index is 2.01. The van der Waals surface area contributed by atoms with Crippen LogP contribution < -0.4 is 9.47 Å². The molecule has 2 aromatic rings. The molecule has 1 heterocycles. The van der Waals surface area contributed by atoms with Gasteiger partial charge in [-0.15, -0.1) is 11.3 Å². The summed E-state index contributed by atoms with van der Waals surface area (Å²) in [6.45, 7) is 2.00. The summed E-state index contributed by atoms with van der Waals surface area (Å²) in [4.78, 5) is 13.7. The Labute approximate surface area is 110 Å². The van der Waals surface area contributed by atoms with Crippen LogP contribution in [0, 0.1) is 6.92 Å². The third kappa shape index (κ3) is 2.90. The maximum atomic E-state index is 11.9. The van der Waals surface area contributed by atoms with E-state index in [2.05, 4.69) is 0 Å². The lowest BCUT2D eigenvalue weighted by molar-refractivity contribution is 0.0923. The summed E-state index contributed by atoms with van der Waals surface area (Å²) in [6, 6.07) is 11.0. The first-order chi connectivity index (χ1) is 8.70. The number of ether oxygens (including phenoxy) is 2. The number of carbonyl (C=O) groups excluding carboxylic acids is 1. The number of para-hydroxylation sites is 2. The molecule has 18 heavy (non-hydrogen) atoms. The molecule has 0 unspecified atom stereocenters. The van der Waals surface area contributed by atoms with Crippen molar-refractivity contribution in [1.82, 2.24) is 0 Å². The number of Topliss-reactive ketones (excluding diaryl/α,β-unsaturated/α-hetero) is 1. The van der Waals surface area contributed by atoms with Crippen molar-refractivity contribution in [3.63, 3.8) is 0 Å². The average Bonchev–Trinajstić information content (AvgIpc) is 2.83. The first-order valence-corrected chi connectivity index (χ1v) is 6.38. The van der Waals surface area contributed by atoms with Crippen LogP contribution in [0.25, 0.3) is 0 Å². The molecule has 3 nitrogen and oxygen atoms in total. The lowest BCUT2D eigenvalue weighted by atomic mass is 10.3. The van der Waals surface area contributed by atoms with E-state index in [-0.39, 0.29) is 12.4 Å². The standard InChI is InChI=1S/C14H14O3S/c1-10-7-8-14(18-10)11(15)9-17-13-6-4-3-5-12(13)16-2/h3-8H,9H2,1-2H3. The van der Waals surface area contributed by atoms with Crippen LogP contribution in [-0.4, -0.2) is 19.5 Å². The molecule has 94 valence electrons. The van der Waals surface area contributed by atoms with Crippen molar-refractivity contribution in [2.24, 2.45) is 0 Å². The van der Waals surface area contributed by atoms with Crippen LogP contribution in [0.5, 0.6) is 11.5 Å². The van der Waals surface area contributed by atoms with Crippen LogP contribution in [-0.2, 0) is 0 Å². The number of carbonyl (C=O) groups is 1. The fraction of sp³-hybridized carbons (Fsp3) is 0.214. The Hall–Kier alpha value is -1.81. The van der Waals surface area contributed by atoms with Gasteiger partial charge >= 0.3 is 0 Å². The SMILES string of the molecule is COc1ccccc1OCC(=O)c1ccc(C)s1. The summed E-state index contributed by atoms with van der Waals surface area (Å²) in [5, 5.41) is 0. The summed E-state index contributed by atoms with van der Waals surface area (Å²) < 4.78 is 10.6. The van der Waals surface area contributed by atoms with Gasteiger partial charge in [0.1, 0.15) is 0 Å². The van der Waals surface area contributed by atoms with Gasteiger partial charge in [0.2, 0.25) is 5.78 Å². The minimum Gasteiger partial charge on any atom is -0.493 e. The molecule has 2 rings (SSSR count). The van der Waals surface area contributed by atoms with Crippen molar-refractivity contribution in [2.75, 3.05) is 13.7 Å². The fourth-order valence-corrected chi connectivity index (χ4v) is 2.33. The van der Waals surface area contributed by atoms with Gasteiger partial charge in [0.05, 0.1) is 12.0 Å². The highest BCUT2D eigenvalue weighted by Gasteiger charge is 2.10. The first kappa shape index (κ1) is 12.6. The summed E-state index contributed by atoms with van der Waals surface area (Å²) in [6.07, 6.45) is 0. The molecular weight excluding hydrogens is 248 g/mol. The molecule has 0 bridgehead atoms. The monoisotopic (exact) mass is 262 g/mol. The Morgan fingerprint density at radius 1 is 1.17 bits per heavy atom. The fourth-order valence-electron chi connectivity index (χ4n) is 1.54. The molecule has 1 aromatic carbocycles. The van der Waals surface area contributed by atoms with E-state index in [4.69, 9.17) is 9.47 Å². The van der Waals surface area contributed by atoms with Gasteiger partial charge in [-0.2, -0.15) is 0 Å². The quantitative estimate of drug-likeness (QED) is 0.775. The van der Waals surface area contributed by atoms with Gasteiger partial charge in [0, 0.05) is 4.88 Å². The van der Waals surface area contributed by atoms with Crippen molar-refractivity contribution in [2.45, 2.75) is 6.92 Å². The normalized spacial score (nSPS) is 10.1. The van der Waals surface area contributed by atoms with E-state index in [1.54, 1.807) is 19.2 Å². The summed E-state index contributed by atoms with van der Waals surface area (Å²) in [5.74, 6) is 1.20. The van der Waals surface area contributed by atoms with Gasteiger partial charge < -0.3 is 9.47 Å². The molecule has 0 radical (unpaired) electrons. The van der Waals surface area contributed by atoms with Gasteiger partial charge in [0.15, 0.2) is 18.1 Å². The average molecular weight is 262 g/mol. The van der Waals surface area contributed by atoms with E-state index in [1.807, 2.05) is 31.2 Å². The number of hydrogen-bond acceptors (Lipinski definition) is 4. The number of methoxy groups -OCH3 is 1. The minimum atomic E-state index is -0.0148. The number of thiophene rings is 1. The zero-order chi connectivity index (χ0) is 13.0. The summed E-state index contributed by atoms with van der Waals surface area (Å²) >= 11 is 1.48. The van der Waals surface area contributed by atoms with E-state index in [0.717, 1.165) is 9.75 Å². The minimum absolute atomic E-state index is 0.0148. The number of rotatable bonds is 5. The molecule has 0 aliphatic heterocycles. The third-order valence-corrected chi connectivity index (χ3v) is 3.48. The molecule has 0 atom stereocenters. The van der Waals surface area contributed by atoms with Gasteiger partial charge in [-0.05, 0) is 31.2 Å². The van der Waals surface area contributed by atoms with Gasteiger partial charge in [0.25, 0.3) is 0 Å². The van der Waals surface area contributed by atoms with Crippen LogP contribution in [0.2, 0.25) is 0 Å². The maximum Gasteiger partial charge on any atom is 0.210 e. The van der Waals surface area contributed by atoms with Crippen LogP contribution in [0.3, 0.4) is 0 Å². The molecule has 0 saturated carbocycles. The van der Waals surface area contributed by atoms with Gasteiger partial charge in [-0.25, -0.2) is 0 Å². The second-order valence-corrected chi connectivity index (χ2v) is 5.06. The van der Waals surface area contributed by atoms with Gasteiger partial charge in [-0.3, -0.25) is 4.79 Å². The van der Waals surface area contributed by atoms with Crippen molar-refractivity contribution in [3.05, 3.63) is 46.2 Å². The number of ketones is 1. The molecule has 4 heteroatoms. The highest BCUT2D eigenvalue weighted by Crippen LogP contribution is 2.26. The Bertz CT molecular complexity index is 545. The predicted octanol–water partition coefficient (Wildman–Crippen LogP) is 3.33. The number of aryl methyl sites for hydroxylation is 1. The van der Waals surface area contributed by atoms with Crippen molar-refractivity contribution < 1.29 is 14.3 Å². The van der Waals surface area contributed by atoms with E-state index in [1.165, 1.54) is 11.3 Å². The second-order valence-electron chi connectivity index (χ2n) is 3.77. The molecular formula is C14H14O3S. The Morgan fingerprint density at radius 3 is 2.50 bits per heavy atom. The molecule has 0 aliphatic carbocycles. The largest absolute Gasteiger partial charge is 0.493 e. The van der Waals surface area contributed by atoms with E-state index in [0.29, 0.717) is 11.5 Å². The molecule has 0 aliphatic rings. The van der Waals surface area contributed by atoms with Gasteiger partial charge in [-0.1, -0.05) is 12.1 Å². The van der Waals surface area contributed by atoms with Crippen LogP contribution >= 0.6 is 11.3 Å². The summed E-state index contributed by atoms with van der Waals surface area (Å²) in [5.41, 5.74) is 0. The molecule has 0 fully saturated rings. The summed E-state index contributed by atoms with van der Waals surface area (Å²) in [7, 11) is 1.58. The zero-order valence-corrected chi connectivity index (χ0v) is 11.1. The first-order valence-electron chi connectivity index (χ1n) is 5.56. The van der Waals surface area contributed by atoms with Crippen LogP contribution in [0.1, 0.15) is 14.5 Å². The van der Waals surface area contributed by atoms with Crippen molar-refractivity contribution in [1.29, 1.82) is 0 Å². The number of hydrogen-bond donors (Lipinski definition) is 0. The lowest BCUT2D eigenvalue weighted by Crippen LogP contribution is -2.10. The molecule has 0 spiro atoms. The molecule has 1 aromatic heterocycles. The van der Waals surface area contributed by atoms with Crippen LogP contribution in [0.4, 0.5) is 0 Å². The number of benzene rings is 1. The zero-order valence-electron chi connectivity index (χ0n) is 10.3. The maximum absolute atomic E-state index is 11.9. The van der Waals surface area contributed by atoms with E-state index in [9.17, 15) is 4.79 Å². The molecule has 0 amide bonds. The third-order valence-electron chi connectivity index (χ3n) is 2.44. The Kier molecular flexibility index (Phi) is 3.99. The van der Waals surface area contributed by atoms with E-state index >= 15 is 0 Å². The predicted molar refractivity (Wildman–Crippen MR) is 71.9 cm³/mol. The van der Waals surface area contributed by atoms with E-state index < -0.39 is 0 Å². The van der Waals surface area contributed by atoms with Crippen molar-refractivity contribution in [3.8, 4) is 11.5 Å². The molecule has 0 saturated heterocycles. The van der Waals surface area contributed by atoms with Crippen LogP contribution in [0.15, 0.2) is 36.4 Å². The van der Waals surface area contributed by atoms with Crippen molar-refractivity contribution >= 4 is 17.1 Å². The topological polar surface area (TPSA) is 35.5 Å². The smallest absolute Gasteiger partial charge is 0.210 e. The lowest BCUT2D eigenvalue weighted by Gasteiger charge is -2.08.